The largest absolute Gasteiger partial charge is 0.494 e. The minimum absolute atomic E-state index is 0.107. The molecule has 1 aromatic rings. The molecule has 3 aliphatic rings. The number of fused-ring (bicyclic) bond motifs is 1. The molecule has 5 nitrogen and oxygen atoms in total. The number of esters is 1. The summed E-state index contributed by atoms with van der Waals surface area (Å²) in [6.07, 6.45) is 13.7. The van der Waals surface area contributed by atoms with Crippen LogP contribution in [0.15, 0.2) is 24.3 Å². The Bertz CT molecular complexity index is 772. The minimum Gasteiger partial charge on any atom is -0.494 e. The monoisotopic (exact) mass is 469 g/mol. The van der Waals surface area contributed by atoms with Crippen LogP contribution in [-0.4, -0.2) is 43.1 Å². The zero-order chi connectivity index (χ0) is 23.8. The summed E-state index contributed by atoms with van der Waals surface area (Å²) in [5.74, 6) is 2.41. The molecule has 1 unspecified atom stereocenters. The van der Waals surface area contributed by atoms with Gasteiger partial charge in [-0.1, -0.05) is 57.1 Å². The Morgan fingerprint density at radius 3 is 2.24 bits per heavy atom. The number of carbonyl (C=O) groups is 2. The van der Waals surface area contributed by atoms with Crippen LogP contribution in [0.5, 0.6) is 5.75 Å². The number of rotatable bonds is 10. The molecule has 0 bridgehead atoms. The molecular weight excluding hydrogens is 426 g/mol. The van der Waals surface area contributed by atoms with Gasteiger partial charge in [-0.15, -0.1) is 0 Å². The van der Waals surface area contributed by atoms with Crippen LogP contribution in [-0.2, 0) is 20.7 Å². The normalized spacial score (nSPS) is 23.9. The highest BCUT2D eigenvalue weighted by Crippen LogP contribution is 2.36. The molecule has 2 aliphatic carbocycles. The van der Waals surface area contributed by atoms with E-state index in [1.54, 1.807) is 0 Å². The zero-order valence-corrected chi connectivity index (χ0v) is 21.0. The fourth-order valence-corrected chi connectivity index (χ4v) is 6.27. The molecule has 188 valence electrons. The lowest BCUT2D eigenvalue weighted by Crippen LogP contribution is -2.33. The molecule has 1 saturated heterocycles. The van der Waals surface area contributed by atoms with Crippen molar-refractivity contribution < 1.29 is 19.1 Å². The van der Waals surface area contributed by atoms with Crippen molar-refractivity contribution in [1.29, 1.82) is 0 Å². The van der Waals surface area contributed by atoms with Gasteiger partial charge in [-0.3, -0.25) is 9.59 Å². The molecule has 3 fully saturated rings. The van der Waals surface area contributed by atoms with Gasteiger partial charge in [0, 0.05) is 19.5 Å². The summed E-state index contributed by atoms with van der Waals surface area (Å²) in [7, 11) is 0. The molecule has 5 heteroatoms. The van der Waals surface area contributed by atoms with Gasteiger partial charge in [0.15, 0.2) is 0 Å². The van der Waals surface area contributed by atoms with Gasteiger partial charge >= 0.3 is 5.97 Å². The average molecular weight is 470 g/mol. The third-order valence-corrected chi connectivity index (χ3v) is 8.29. The van der Waals surface area contributed by atoms with Crippen molar-refractivity contribution >= 4 is 11.9 Å². The predicted molar refractivity (Wildman–Crippen MR) is 134 cm³/mol. The van der Waals surface area contributed by atoms with E-state index in [4.69, 9.17) is 9.47 Å². The van der Waals surface area contributed by atoms with Crippen LogP contribution < -0.4 is 4.74 Å². The Hall–Kier alpha value is -2.04. The number of nitrogens with zero attached hydrogens (tertiary/aromatic N) is 1. The molecule has 4 rings (SSSR count). The van der Waals surface area contributed by atoms with Gasteiger partial charge < -0.3 is 14.4 Å². The Morgan fingerprint density at radius 1 is 0.941 bits per heavy atom. The minimum atomic E-state index is -0.437. The number of amides is 1. The second-order valence-corrected chi connectivity index (χ2v) is 10.7. The Kier molecular flexibility index (Phi) is 9.29. The van der Waals surface area contributed by atoms with Gasteiger partial charge in [-0.05, 0) is 68.1 Å². The van der Waals surface area contributed by atoms with Crippen LogP contribution in [0.4, 0.5) is 0 Å². The van der Waals surface area contributed by atoms with E-state index < -0.39 is 5.92 Å². The van der Waals surface area contributed by atoms with E-state index >= 15 is 0 Å². The highest BCUT2D eigenvalue weighted by molar-refractivity contribution is 5.83. The van der Waals surface area contributed by atoms with Crippen LogP contribution in [0, 0.1) is 23.7 Å². The van der Waals surface area contributed by atoms with Crippen molar-refractivity contribution in [1.82, 2.24) is 4.90 Å². The fraction of sp³-hybridized carbons (Fsp3) is 0.724. The van der Waals surface area contributed by atoms with Crippen molar-refractivity contribution in [2.24, 2.45) is 23.7 Å². The number of carbonyl (C=O) groups excluding carboxylic acids is 2. The maximum Gasteiger partial charge on any atom is 0.309 e. The van der Waals surface area contributed by atoms with Crippen LogP contribution >= 0.6 is 0 Å². The Morgan fingerprint density at radius 2 is 1.59 bits per heavy atom. The van der Waals surface area contributed by atoms with Crippen LogP contribution in [0.25, 0.3) is 0 Å². The van der Waals surface area contributed by atoms with Gasteiger partial charge in [0.05, 0.1) is 19.1 Å². The molecule has 1 heterocycles. The maximum atomic E-state index is 13.1. The smallest absolute Gasteiger partial charge is 0.309 e. The van der Waals surface area contributed by atoms with Crippen molar-refractivity contribution in [3.05, 3.63) is 29.8 Å². The van der Waals surface area contributed by atoms with Crippen molar-refractivity contribution in [2.75, 3.05) is 26.3 Å². The predicted octanol–water partition coefficient (Wildman–Crippen LogP) is 5.80. The van der Waals surface area contributed by atoms with E-state index in [9.17, 15) is 9.59 Å². The average Bonchev–Trinajstić information content (AvgIpc) is 3.30. The summed E-state index contributed by atoms with van der Waals surface area (Å²) in [5, 5.41) is 0. The first-order valence-electron chi connectivity index (χ1n) is 13.8. The molecule has 3 atom stereocenters. The van der Waals surface area contributed by atoms with Gasteiger partial charge in [0.1, 0.15) is 5.75 Å². The van der Waals surface area contributed by atoms with E-state index in [1.165, 1.54) is 57.8 Å². The van der Waals surface area contributed by atoms with Crippen LogP contribution in [0.3, 0.4) is 0 Å². The summed E-state index contributed by atoms with van der Waals surface area (Å²) < 4.78 is 11.3. The number of hydrogen-bond donors (Lipinski definition) is 0. The van der Waals surface area contributed by atoms with Gasteiger partial charge in [-0.2, -0.15) is 0 Å². The lowest BCUT2D eigenvalue weighted by Gasteiger charge is -2.22. The molecule has 0 spiro atoms. The van der Waals surface area contributed by atoms with Gasteiger partial charge in [-0.25, -0.2) is 0 Å². The second kappa shape index (κ2) is 12.6. The molecule has 34 heavy (non-hydrogen) atoms. The third kappa shape index (κ3) is 6.99. The number of ether oxygens (including phenoxy) is 2. The number of likely N-dealkylation sites (tertiary alicyclic amines) is 1. The number of benzene rings is 1. The molecule has 2 saturated carbocycles. The third-order valence-electron chi connectivity index (χ3n) is 8.29. The van der Waals surface area contributed by atoms with Crippen LogP contribution in [0.2, 0.25) is 0 Å². The molecular formula is C29H43NO4. The van der Waals surface area contributed by atoms with E-state index in [0.29, 0.717) is 24.9 Å². The molecule has 1 amide bonds. The van der Waals surface area contributed by atoms with E-state index in [0.717, 1.165) is 43.3 Å². The first-order chi connectivity index (χ1) is 16.6. The summed E-state index contributed by atoms with van der Waals surface area (Å²) >= 11 is 0. The van der Waals surface area contributed by atoms with Crippen molar-refractivity contribution in [2.45, 2.75) is 84.0 Å². The fourth-order valence-electron chi connectivity index (χ4n) is 6.27. The van der Waals surface area contributed by atoms with Gasteiger partial charge in [0.2, 0.25) is 5.91 Å². The quantitative estimate of drug-likeness (QED) is 0.407. The summed E-state index contributed by atoms with van der Waals surface area (Å²) in [5.41, 5.74) is 1.04. The molecule has 0 radical (unpaired) electrons. The SMILES string of the molecule is CCOC(=O)C(CC(=O)N1C[C@H]2CCCC[C@H]2C1)Cc1ccc(OCCC2CCCCC2)cc1. The van der Waals surface area contributed by atoms with E-state index in [1.807, 2.05) is 36.1 Å². The van der Waals surface area contributed by atoms with E-state index in [-0.39, 0.29) is 18.3 Å². The van der Waals surface area contributed by atoms with Gasteiger partial charge in [0.25, 0.3) is 0 Å². The van der Waals surface area contributed by atoms with Crippen molar-refractivity contribution in [3.63, 3.8) is 0 Å². The topological polar surface area (TPSA) is 55.8 Å². The Labute approximate surface area is 205 Å². The number of hydrogen-bond acceptors (Lipinski definition) is 4. The summed E-state index contributed by atoms with van der Waals surface area (Å²) in [4.78, 5) is 27.8. The first-order valence-corrected chi connectivity index (χ1v) is 13.8. The molecule has 1 aromatic carbocycles. The molecule has 0 aromatic heterocycles. The Balaban J connectivity index is 1.28. The zero-order valence-electron chi connectivity index (χ0n) is 21.0. The summed E-state index contributed by atoms with van der Waals surface area (Å²) in [6.45, 7) is 4.66. The summed E-state index contributed by atoms with van der Waals surface area (Å²) in [6, 6.07) is 8.03. The lowest BCUT2D eigenvalue weighted by molar-refractivity contribution is -0.151. The van der Waals surface area contributed by atoms with Crippen molar-refractivity contribution in [3.8, 4) is 5.75 Å². The first kappa shape index (κ1) is 25.1. The molecule has 0 N–H and O–H groups in total. The standard InChI is InChI=1S/C29H43NO4/c1-2-33-29(32)26(19-28(31)30-20-24-10-6-7-11-25(24)21-30)18-23-12-14-27(15-13-23)34-17-16-22-8-4-3-5-9-22/h12-15,22,24-26H,2-11,16-21H2,1H3/t24-,25+,26?. The highest BCUT2D eigenvalue weighted by atomic mass is 16.5. The van der Waals surface area contributed by atoms with E-state index in [2.05, 4.69) is 0 Å². The highest BCUT2D eigenvalue weighted by Gasteiger charge is 2.37. The maximum absolute atomic E-state index is 13.1. The second-order valence-electron chi connectivity index (χ2n) is 10.7. The van der Waals surface area contributed by atoms with Crippen LogP contribution in [0.1, 0.15) is 83.1 Å². The molecule has 1 aliphatic heterocycles. The lowest BCUT2D eigenvalue weighted by atomic mass is 9.82.